The summed E-state index contributed by atoms with van der Waals surface area (Å²) in [5, 5.41) is 2.37. The molecular formula is C12H10ClNO. The Morgan fingerprint density at radius 1 is 1.33 bits per heavy atom. The molecule has 0 aliphatic rings. The van der Waals surface area contributed by atoms with Gasteiger partial charge in [-0.25, -0.2) is 4.98 Å². The van der Waals surface area contributed by atoms with E-state index in [0.29, 0.717) is 11.8 Å². The van der Waals surface area contributed by atoms with Crippen molar-refractivity contribution in [2.45, 2.75) is 0 Å². The van der Waals surface area contributed by atoms with Crippen LogP contribution in [0.4, 0.5) is 0 Å². The van der Waals surface area contributed by atoms with Gasteiger partial charge in [-0.05, 0) is 12.1 Å². The van der Waals surface area contributed by atoms with E-state index < -0.39 is 0 Å². The van der Waals surface area contributed by atoms with Gasteiger partial charge in [0.25, 0.3) is 0 Å². The molecule has 2 rings (SSSR count). The number of aromatic nitrogens is 1. The Hall–Kier alpha value is -1.54. The lowest BCUT2D eigenvalue weighted by atomic mass is 10.1. The second-order valence-electron chi connectivity index (χ2n) is 3.05. The first-order chi connectivity index (χ1) is 7.33. The summed E-state index contributed by atoms with van der Waals surface area (Å²) in [7, 11) is 0. The molecule has 2 nitrogen and oxygen atoms in total. The van der Waals surface area contributed by atoms with E-state index in [0.717, 1.165) is 16.5 Å². The van der Waals surface area contributed by atoms with Gasteiger partial charge in [0.2, 0.25) is 0 Å². The van der Waals surface area contributed by atoms with Crippen LogP contribution in [0.2, 0.25) is 5.15 Å². The van der Waals surface area contributed by atoms with Crippen molar-refractivity contribution in [2.75, 3.05) is 6.61 Å². The Balaban J connectivity index is 2.55. The molecule has 0 unspecified atom stereocenters. The third-order valence-corrected chi connectivity index (χ3v) is 2.38. The third kappa shape index (κ3) is 1.95. The maximum absolute atomic E-state index is 5.98. The predicted molar refractivity (Wildman–Crippen MR) is 62.4 cm³/mol. The zero-order valence-corrected chi connectivity index (χ0v) is 8.87. The van der Waals surface area contributed by atoms with E-state index in [-0.39, 0.29) is 0 Å². The van der Waals surface area contributed by atoms with E-state index in [4.69, 9.17) is 16.3 Å². The monoisotopic (exact) mass is 219 g/mol. The number of halogens is 1. The van der Waals surface area contributed by atoms with E-state index in [9.17, 15) is 0 Å². The lowest BCUT2D eigenvalue weighted by Crippen LogP contribution is -1.93. The van der Waals surface area contributed by atoms with Crippen LogP contribution in [-0.4, -0.2) is 11.6 Å². The number of hydrogen-bond donors (Lipinski definition) is 0. The standard InChI is InChI=1S/C12H10ClNO/c1-2-8-15-11-5-3-4-10-9(11)6-7-14-12(10)13/h2-7H,1,8H2. The molecule has 0 aliphatic heterocycles. The van der Waals surface area contributed by atoms with E-state index >= 15 is 0 Å². The molecule has 0 bridgehead atoms. The third-order valence-electron chi connectivity index (χ3n) is 2.07. The van der Waals surface area contributed by atoms with Crippen LogP contribution in [0.1, 0.15) is 0 Å². The van der Waals surface area contributed by atoms with Crippen LogP contribution in [0.15, 0.2) is 43.1 Å². The summed E-state index contributed by atoms with van der Waals surface area (Å²) >= 11 is 5.98. The average Bonchev–Trinajstić information content (AvgIpc) is 2.27. The van der Waals surface area contributed by atoms with Gasteiger partial charge in [0, 0.05) is 17.0 Å². The van der Waals surface area contributed by atoms with Crippen molar-refractivity contribution in [3.05, 3.63) is 48.3 Å². The number of fused-ring (bicyclic) bond motifs is 1. The van der Waals surface area contributed by atoms with Gasteiger partial charge < -0.3 is 4.74 Å². The Bertz CT molecular complexity index is 496. The van der Waals surface area contributed by atoms with Crippen molar-refractivity contribution in [3.63, 3.8) is 0 Å². The van der Waals surface area contributed by atoms with Gasteiger partial charge in [-0.2, -0.15) is 0 Å². The van der Waals surface area contributed by atoms with Crippen LogP contribution in [0.5, 0.6) is 5.75 Å². The van der Waals surface area contributed by atoms with Crippen molar-refractivity contribution < 1.29 is 4.74 Å². The van der Waals surface area contributed by atoms with Crippen molar-refractivity contribution in [1.82, 2.24) is 4.98 Å². The van der Waals surface area contributed by atoms with Crippen LogP contribution >= 0.6 is 11.6 Å². The second kappa shape index (κ2) is 4.32. The molecule has 1 heterocycles. The fraction of sp³-hybridized carbons (Fsp3) is 0.0833. The fourth-order valence-electron chi connectivity index (χ4n) is 1.42. The van der Waals surface area contributed by atoms with Gasteiger partial charge in [-0.1, -0.05) is 36.4 Å². The molecule has 1 aromatic carbocycles. The zero-order valence-electron chi connectivity index (χ0n) is 8.11. The van der Waals surface area contributed by atoms with Gasteiger partial charge in [-0.15, -0.1) is 0 Å². The van der Waals surface area contributed by atoms with E-state index in [1.807, 2.05) is 24.3 Å². The number of hydrogen-bond acceptors (Lipinski definition) is 2. The molecule has 0 radical (unpaired) electrons. The normalized spacial score (nSPS) is 10.2. The molecule has 0 saturated carbocycles. The van der Waals surface area contributed by atoms with Crippen molar-refractivity contribution in [3.8, 4) is 5.75 Å². The minimum Gasteiger partial charge on any atom is -0.489 e. The van der Waals surface area contributed by atoms with Crippen LogP contribution < -0.4 is 4.74 Å². The minimum absolute atomic E-state index is 0.485. The first-order valence-electron chi connectivity index (χ1n) is 4.60. The van der Waals surface area contributed by atoms with Gasteiger partial charge >= 0.3 is 0 Å². The smallest absolute Gasteiger partial charge is 0.136 e. The summed E-state index contributed by atoms with van der Waals surface area (Å²) in [6, 6.07) is 7.61. The predicted octanol–water partition coefficient (Wildman–Crippen LogP) is 3.45. The highest BCUT2D eigenvalue weighted by Crippen LogP contribution is 2.28. The summed E-state index contributed by atoms with van der Waals surface area (Å²) in [5.74, 6) is 0.803. The maximum atomic E-state index is 5.98. The molecule has 0 saturated heterocycles. The molecule has 3 heteroatoms. The first-order valence-corrected chi connectivity index (χ1v) is 4.97. The summed E-state index contributed by atoms with van der Waals surface area (Å²) in [4.78, 5) is 4.02. The zero-order chi connectivity index (χ0) is 10.7. The topological polar surface area (TPSA) is 22.1 Å². The number of ether oxygens (including phenoxy) is 1. The summed E-state index contributed by atoms with van der Waals surface area (Å²) < 4.78 is 5.52. The quantitative estimate of drug-likeness (QED) is 0.583. The van der Waals surface area contributed by atoms with Gasteiger partial charge in [0.15, 0.2) is 0 Å². The molecule has 2 aromatic rings. The SMILES string of the molecule is C=CCOc1cccc2c(Cl)nccc12. The van der Waals surface area contributed by atoms with Crippen LogP contribution in [-0.2, 0) is 0 Å². The highest BCUT2D eigenvalue weighted by Gasteiger charge is 2.04. The van der Waals surface area contributed by atoms with E-state index in [1.54, 1.807) is 12.3 Å². The first kappa shape index (κ1) is 9.99. The molecule has 0 spiro atoms. The van der Waals surface area contributed by atoms with Crippen LogP contribution in [0.3, 0.4) is 0 Å². The molecule has 1 aromatic heterocycles. The Morgan fingerprint density at radius 3 is 3.00 bits per heavy atom. The van der Waals surface area contributed by atoms with Crippen molar-refractivity contribution in [1.29, 1.82) is 0 Å². The Kier molecular flexibility index (Phi) is 2.88. The lowest BCUT2D eigenvalue weighted by Gasteiger charge is -2.07. The van der Waals surface area contributed by atoms with E-state index in [1.165, 1.54) is 0 Å². The summed E-state index contributed by atoms with van der Waals surface area (Å²) in [6.45, 7) is 4.10. The average molecular weight is 220 g/mol. The molecule has 76 valence electrons. The molecule has 0 aliphatic carbocycles. The molecule has 0 atom stereocenters. The van der Waals surface area contributed by atoms with E-state index in [2.05, 4.69) is 11.6 Å². The van der Waals surface area contributed by atoms with Crippen LogP contribution in [0.25, 0.3) is 10.8 Å². The molecule has 0 N–H and O–H groups in total. The second-order valence-corrected chi connectivity index (χ2v) is 3.41. The van der Waals surface area contributed by atoms with Crippen molar-refractivity contribution in [2.24, 2.45) is 0 Å². The summed E-state index contributed by atoms with van der Waals surface area (Å²) in [5.41, 5.74) is 0. The molecule has 0 fully saturated rings. The fourth-order valence-corrected chi connectivity index (χ4v) is 1.64. The molecule has 15 heavy (non-hydrogen) atoms. The Morgan fingerprint density at radius 2 is 2.20 bits per heavy atom. The molecule has 0 amide bonds. The highest BCUT2D eigenvalue weighted by molar-refractivity contribution is 6.34. The Labute approximate surface area is 93.2 Å². The van der Waals surface area contributed by atoms with Gasteiger partial charge in [0.1, 0.15) is 17.5 Å². The number of benzene rings is 1. The number of rotatable bonds is 3. The minimum atomic E-state index is 0.485. The van der Waals surface area contributed by atoms with Gasteiger partial charge in [0.05, 0.1) is 0 Å². The molecular weight excluding hydrogens is 210 g/mol. The summed E-state index contributed by atoms with van der Waals surface area (Å²) in [6.07, 6.45) is 3.38. The largest absolute Gasteiger partial charge is 0.489 e. The lowest BCUT2D eigenvalue weighted by molar-refractivity contribution is 0.367. The maximum Gasteiger partial charge on any atom is 0.136 e. The van der Waals surface area contributed by atoms with Crippen molar-refractivity contribution >= 4 is 22.4 Å². The van der Waals surface area contributed by atoms with Gasteiger partial charge in [-0.3, -0.25) is 0 Å². The number of pyridine rings is 1. The highest BCUT2D eigenvalue weighted by atomic mass is 35.5. The van der Waals surface area contributed by atoms with Crippen LogP contribution in [0, 0.1) is 0 Å². The number of nitrogens with zero attached hydrogens (tertiary/aromatic N) is 1.